The molecule has 0 aromatic heterocycles. The fraction of sp³-hybridized carbons (Fsp3) is 0.400. The van der Waals surface area contributed by atoms with Gasteiger partial charge >= 0.3 is 0 Å². The lowest BCUT2D eigenvalue weighted by atomic mass is 10.1. The smallest absolute Gasteiger partial charge is 0.123 e. The highest BCUT2D eigenvalue weighted by molar-refractivity contribution is 9.10. The third-order valence-corrected chi connectivity index (χ3v) is 2.59. The van der Waals surface area contributed by atoms with Crippen molar-refractivity contribution in [2.24, 2.45) is 0 Å². The summed E-state index contributed by atoms with van der Waals surface area (Å²) < 4.78 is 6.22. The van der Waals surface area contributed by atoms with Gasteiger partial charge in [-0.1, -0.05) is 15.9 Å². The summed E-state index contributed by atoms with van der Waals surface area (Å²) >= 11 is 3.45. The van der Waals surface area contributed by atoms with E-state index in [1.54, 1.807) is 7.11 Å². The van der Waals surface area contributed by atoms with Gasteiger partial charge in [0.05, 0.1) is 7.11 Å². The molecule has 0 radical (unpaired) electrons. The molecule has 1 N–H and O–H groups in total. The van der Waals surface area contributed by atoms with Crippen LogP contribution in [0.4, 0.5) is 0 Å². The standard InChI is InChI=1S/C10H13BrO2/c1-7-5-9(11)8(3-4-12)10(6-7)13-2/h5-6,12H,3-4H2,1-2H3. The number of aliphatic hydroxyl groups is 1. The Bertz CT molecular complexity index is 297. The predicted octanol–water partition coefficient (Wildman–Crippen LogP) is 2.30. The Kier molecular flexibility index (Phi) is 3.75. The van der Waals surface area contributed by atoms with E-state index < -0.39 is 0 Å². The van der Waals surface area contributed by atoms with Crippen LogP contribution < -0.4 is 4.74 Å². The first-order chi connectivity index (χ1) is 6.19. The number of rotatable bonds is 3. The molecule has 0 fully saturated rings. The van der Waals surface area contributed by atoms with Crippen LogP contribution in [0.3, 0.4) is 0 Å². The molecule has 0 spiro atoms. The summed E-state index contributed by atoms with van der Waals surface area (Å²) in [5.41, 5.74) is 2.17. The number of hydrogen-bond acceptors (Lipinski definition) is 2. The lowest BCUT2D eigenvalue weighted by molar-refractivity contribution is 0.296. The van der Waals surface area contributed by atoms with E-state index in [0.717, 1.165) is 21.3 Å². The second-order valence-corrected chi connectivity index (χ2v) is 3.76. The minimum atomic E-state index is 0.137. The number of aryl methyl sites for hydroxylation is 1. The van der Waals surface area contributed by atoms with E-state index in [-0.39, 0.29) is 6.61 Å². The monoisotopic (exact) mass is 244 g/mol. The highest BCUT2D eigenvalue weighted by Gasteiger charge is 2.07. The van der Waals surface area contributed by atoms with Gasteiger partial charge < -0.3 is 9.84 Å². The first kappa shape index (κ1) is 10.5. The Hall–Kier alpha value is -0.540. The van der Waals surface area contributed by atoms with Crippen molar-refractivity contribution in [1.29, 1.82) is 0 Å². The molecule has 0 aliphatic carbocycles. The summed E-state index contributed by atoms with van der Waals surface area (Å²) in [5, 5.41) is 8.86. The highest BCUT2D eigenvalue weighted by Crippen LogP contribution is 2.28. The Morgan fingerprint density at radius 2 is 2.15 bits per heavy atom. The molecule has 1 aromatic rings. The van der Waals surface area contributed by atoms with Gasteiger partial charge in [0.25, 0.3) is 0 Å². The molecule has 1 aromatic carbocycles. The van der Waals surface area contributed by atoms with Gasteiger partial charge in [0.2, 0.25) is 0 Å². The Morgan fingerprint density at radius 1 is 1.46 bits per heavy atom. The zero-order valence-electron chi connectivity index (χ0n) is 7.80. The Labute approximate surface area is 86.7 Å². The van der Waals surface area contributed by atoms with Gasteiger partial charge in [-0.15, -0.1) is 0 Å². The number of aliphatic hydroxyl groups excluding tert-OH is 1. The van der Waals surface area contributed by atoms with Crippen molar-refractivity contribution in [2.45, 2.75) is 13.3 Å². The molecule has 0 aliphatic rings. The maximum atomic E-state index is 8.86. The summed E-state index contributed by atoms with van der Waals surface area (Å²) in [4.78, 5) is 0. The molecule has 1 rings (SSSR count). The van der Waals surface area contributed by atoms with Crippen LogP contribution in [0.15, 0.2) is 16.6 Å². The van der Waals surface area contributed by atoms with E-state index in [4.69, 9.17) is 9.84 Å². The number of methoxy groups -OCH3 is 1. The predicted molar refractivity (Wildman–Crippen MR) is 56.2 cm³/mol. The quantitative estimate of drug-likeness (QED) is 0.885. The third kappa shape index (κ3) is 2.45. The van der Waals surface area contributed by atoms with Gasteiger partial charge in [-0.3, -0.25) is 0 Å². The minimum Gasteiger partial charge on any atom is -0.496 e. The Morgan fingerprint density at radius 3 is 2.69 bits per heavy atom. The van der Waals surface area contributed by atoms with Gasteiger partial charge in [0, 0.05) is 23.1 Å². The van der Waals surface area contributed by atoms with Crippen molar-refractivity contribution in [2.75, 3.05) is 13.7 Å². The van der Waals surface area contributed by atoms with Crippen LogP contribution in [0, 0.1) is 6.92 Å². The second kappa shape index (κ2) is 4.63. The molecule has 0 saturated heterocycles. The van der Waals surface area contributed by atoms with Gasteiger partial charge in [0.15, 0.2) is 0 Å². The van der Waals surface area contributed by atoms with Crippen molar-refractivity contribution in [3.05, 3.63) is 27.7 Å². The molecule has 0 amide bonds. The fourth-order valence-corrected chi connectivity index (χ4v) is 2.03. The Balaban J connectivity index is 3.13. The van der Waals surface area contributed by atoms with E-state index in [1.165, 1.54) is 0 Å². The van der Waals surface area contributed by atoms with Crippen LogP contribution in [-0.2, 0) is 6.42 Å². The van der Waals surface area contributed by atoms with E-state index >= 15 is 0 Å². The van der Waals surface area contributed by atoms with E-state index in [0.29, 0.717) is 6.42 Å². The average molecular weight is 245 g/mol. The maximum absolute atomic E-state index is 8.86. The lowest BCUT2D eigenvalue weighted by Gasteiger charge is -2.10. The van der Waals surface area contributed by atoms with Crippen molar-refractivity contribution in [3.8, 4) is 5.75 Å². The number of benzene rings is 1. The van der Waals surface area contributed by atoms with Gasteiger partial charge in [0.1, 0.15) is 5.75 Å². The summed E-state index contributed by atoms with van der Waals surface area (Å²) in [7, 11) is 1.64. The number of ether oxygens (including phenoxy) is 1. The highest BCUT2D eigenvalue weighted by atomic mass is 79.9. The van der Waals surface area contributed by atoms with Gasteiger partial charge in [-0.25, -0.2) is 0 Å². The summed E-state index contributed by atoms with van der Waals surface area (Å²) in [6.45, 7) is 2.15. The van der Waals surface area contributed by atoms with E-state index in [1.807, 2.05) is 19.1 Å². The molecule has 3 heteroatoms. The first-order valence-electron chi connectivity index (χ1n) is 4.13. The maximum Gasteiger partial charge on any atom is 0.123 e. The number of hydrogen-bond donors (Lipinski definition) is 1. The normalized spacial score (nSPS) is 10.2. The molecule has 0 unspecified atom stereocenters. The van der Waals surface area contributed by atoms with Crippen LogP contribution in [-0.4, -0.2) is 18.8 Å². The summed E-state index contributed by atoms with van der Waals surface area (Å²) in [6, 6.07) is 3.99. The largest absolute Gasteiger partial charge is 0.496 e. The topological polar surface area (TPSA) is 29.5 Å². The molecule has 0 bridgehead atoms. The minimum absolute atomic E-state index is 0.137. The van der Waals surface area contributed by atoms with E-state index in [9.17, 15) is 0 Å². The molecule has 0 heterocycles. The molecule has 0 saturated carbocycles. The average Bonchev–Trinajstić information content (AvgIpc) is 2.09. The van der Waals surface area contributed by atoms with Crippen LogP contribution >= 0.6 is 15.9 Å². The van der Waals surface area contributed by atoms with Crippen LogP contribution in [0.2, 0.25) is 0 Å². The van der Waals surface area contributed by atoms with Crippen molar-refractivity contribution in [3.63, 3.8) is 0 Å². The van der Waals surface area contributed by atoms with Crippen LogP contribution in [0.5, 0.6) is 5.75 Å². The van der Waals surface area contributed by atoms with Crippen molar-refractivity contribution in [1.82, 2.24) is 0 Å². The molecule has 72 valence electrons. The number of halogens is 1. The van der Waals surface area contributed by atoms with Crippen molar-refractivity contribution < 1.29 is 9.84 Å². The van der Waals surface area contributed by atoms with Gasteiger partial charge in [-0.2, -0.15) is 0 Å². The zero-order chi connectivity index (χ0) is 9.84. The summed E-state index contributed by atoms with van der Waals surface area (Å²) in [6.07, 6.45) is 0.615. The summed E-state index contributed by atoms with van der Waals surface area (Å²) in [5.74, 6) is 0.834. The molecular formula is C10H13BrO2. The van der Waals surface area contributed by atoms with Gasteiger partial charge in [-0.05, 0) is 24.6 Å². The SMILES string of the molecule is COc1cc(C)cc(Br)c1CCO. The van der Waals surface area contributed by atoms with Crippen LogP contribution in [0.25, 0.3) is 0 Å². The van der Waals surface area contributed by atoms with Crippen LogP contribution in [0.1, 0.15) is 11.1 Å². The molecular weight excluding hydrogens is 232 g/mol. The van der Waals surface area contributed by atoms with Crippen molar-refractivity contribution >= 4 is 15.9 Å². The molecule has 0 aliphatic heterocycles. The first-order valence-corrected chi connectivity index (χ1v) is 4.92. The lowest BCUT2D eigenvalue weighted by Crippen LogP contribution is -1.97. The molecule has 0 atom stereocenters. The third-order valence-electron chi connectivity index (χ3n) is 1.88. The van der Waals surface area contributed by atoms with E-state index in [2.05, 4.69) is 15.9 Å². The zero-order valence-corrected chi connectivity index (χ0v) is 9.39. The second-order valence-electron chi connectivity index (χ2n) is 2.90. The fourth-order valence-electron chi connectivity index (χ4n) is 1.28. The molecule has 2 nitrogen and oxygen atoms in total. The molecule has 13 heavy (non-hydrogen) atoms.